The first-order valence-electron chi connectivity index (χ1n) is 7.33. The molecule has 2 heterocycles. The minimum atomic E-state index is -0.244. The molecule has 1 aliphatic heterocycles. The molecule has 1 aromatic heterocycles. The number of amides is 1. The van der Waals surface area contributed by atoms with Crippen LogP contribution in [0.2, 0.25) is 0 Å². The lowest BCUT2D eigenvalue weighted by Gasteiger charge is -2.31. The molecule has 2 aromatic rings. The zero-order valence-corrected chi connectivity index (χ0v) is 13.2. The van der Waals surface area contributed by atoms with Crippen LogP contribution in [-0.2, 0) is 6.42 Å². The third-order valence-electron chi connectivity index (χ3n) is 3.70. The van der Waals surface area contributed by atoms with Crippen LogP contribution in [0.1, 0.15) is 28.0 Å². The first-order chi connectivity index (χ1) is 10.6. The van der Waals surface area contributed by atoms with Crippen LogP contribution in [0, 0.1) is 5.82 Å². The van der Waals surface area contributed by atoms with E-state index in [0.717, 1.165) is 17.1 Å². The van der Waals surface area contributed by atoms with Crippen molar-refractivity contribution in [1.29, 1.82) is 0 Å². The van der Waals surface area contributed by atoms with Crippen molar-refractivity contribution in [2.45, 2.75) is 19.4 Å². The maximum atomic E-state index is 12.9. The van der Waals surface area contributed by atoms with E-state index in [-0.39, 0.29) is 11.7 Å². The number of thiazole rings is 1. The molecule has 6 heteroatoms. The summed E-state index contributed by atoms with van der Waals surface area (Å²) in [5, 5.41) is 6.01. The zero-order valence-electron chi connectivity index (χ0n) is 12.4. The van der Waals surface area contributed by atoms with Crippen LogP contribution in [-0.4, -0.2) is 41.5 Å². The van der Waals surface area contributed by atoms with Gasteiger partial charge >= 0.3 is 0 Å². The van der Waals surface area contributed by atoms with Crippen LogP contribution in [0.4, 0.5) is 4.39 Å². The number of carbonyl (C=O) groups is 1. The number of rotatable bonds is 3. The quantitative estimate of drug-likeness (QED) is 0.944. The van der Waals surface area contributed by atoms with Gasteiger partial charge in [-0.05, 0) is 24.6 Å². The fourth-order valence-electron chi connectivity index (χ4n) is 2.55. The topological polar surface area (TPSA) is 45.2 Å². The molecule has 1 fully saturated rings. The molecule has 116 valence electrons. The Kier molecular flexibility index (Phi) is 4.49. The standard InChI is InChI=1S/C16H18FN3OS/c1-11-9-20(7-6-18-11)16(21)14-10-22-15(19-14)8-12-2-4-13(17)5-3-12/h2-5,10-11,18H,6-9H2,1H3. The van der Waals surface area contributed by atoms with Crippen molar-refractivity contribution in [2.24, 2.45) is 0 Å². The van der Waals surface area contributed by atoms with Gasteiger partial charge in [0.25, 0.3) is 5.91 Å². The monoisotopic (exact) mass is 319 g/mol. The Labute approximate surface area is 133 Å². The lowest BCUT2D eigenvalue weighted by molar-refractivity contribution is 0.0704. The van der Waals surface area contributed by atoms with E-state index in [4.69, 9.17) is 0 Å². The van der Waals surface area contributed by atoms with E-state index in [1.54, 1.807) is 12.1 Å². The van der Waals surface area contributed by atoms with E-state index in [1.165, 1.54) is 23.5 Å². The fraction of sp³-hybridized carbons (Fsp3) is 0.375. The number of aromatic nitrogens is 1. The number of piperazine rings is 1. The van der Waals surface area contributed by atoms with Gasteiger partial charge in [0, 0.05) is 37.5 Å². The zero-order chi connectivity index (χ0) is 15.5. The molecule has 1 N–H and O–H groups in total. The summed E-state index contributed by atoms with van der Waals surface area (Å²) in [6, 6.07) is 6.69. The van der Waals surface area contributed by atoms with Gasteiger partial charge in [-0.3, -0.25) is 4.79 Å². The molecule has 1 aromatic carbocycles. The van der Waals surface area contributed by atoms with Crippen molar-refractivity contribution >= 4 is 17.2 Å². The Morgan fingerprint density at radius 2 is 2.23 bits per heavy atom. The highest BCUT2D eigenvalue weighted by atomic mass is 32.1. The van der Waals surface area contributed by atoms with Gasteiger partial charge in [-0.25, -0.2) is 9.37 Å². The average molecular weight is 319 g/mol. The molecule has 1 unspecified atom stereocenters. The molecule has 1 atom stereocenters. The van der Waals surface area contributed by atoms with Crippen molar-refractivity contribution < 1.29 is 9.18 Å². The van der Waals surface area contributed by atoms with Crippen molar-refractivity contribution in [2.75, 3.05) is 19.6 Å². The fourth-order valence-corrected chi connectivity index (χ4v) is 3.35. The first kappa shape index (κ1) is 15.1. The third kappa shape index (κ3) is 3.51. The highest BCUT2D eigenvalue weighted by molar-refractivity contribution is 7.09. The maximum Gasteiger partial charge on any atom is 0.273 e. The van der Waals surface area contributed by atoms with E-state index in [9.17, 15) is 9.18 Å². The van der Waals surface area contributed by atoms with E-state index in [1.807, 2.05) is 10.3 Å². The molecule has 0 spiro atoms. The van der Waals surface area contributed by atoms with Crippen LogP contribution in [0.15, 0.2) is 29.6 Å². The summed E-state index contributed by atoms with van der Waals surface area (Å²) in [5.74, 6) is -0.249. The number of hydrogen-bond acceptors (Lipinski definition) is 4. The summed E-state index contributed by atoms with van der Waals surface area (Å²) in [6.45, 7) is 4.32. The number of hydrogen-bond donors (Lipinski definition) is 1. The molecule has 0 aliphatic carbocycles. The average Bonchev–Trinajstić information content (AvgIpc) is 2.97. The smallest absolute Gasteiger partial charge is 0.273 e. The number of nitrogens with one attached hydrogen (secondary N) is 1. The lowest BCUT2D eigenvalue weighted by Crippen LogP contribution is -2.51. The van der Waals surface area contributed by atoms with Crippen molar-refractivity contribution in [3.63, 3.8) is 0 Å². The van der Waals surface area contributed by atoms with Crippen LogP contribution >= 0.6 is 11.3 Å². The Morgan fingerprint density at radius 3 is 2.95 bits per heavy atom. The van der Waals surface area contributed by atoms with Crippen molar-refractivity contribution in [3.8, 4) is 0 Å². The predicted octanol–water partition coefficient (Wildman–Crippen LogP) is 2.31. The second-order valence-corrected chi connectivity index (χ2v) is 6.48. The molecule has 4 nitrogen and oxygen atoms in total. The number of benzene rings is 1. The van der Waals surface area contributed by atoms with Gasteiger partial charge in [0.05, 0.1) is 5.01 Å². The Bertz CT molecular complexity index is 656. The van der Waals surface area contributed by atoms with Crippen LogP contribution in [0.5, 0.6) is 0 Å². The highest BCUT2D eigenvalue weighted by Crippen LogP contribution is 2.17. The first-order valence-corrected chi connectivity index (χ1v) is 8.21. The Morgan fingerprint density at radius 1 is 1.45 bits per heavy atom. The SMILES string of the molecule is CC1CN(C(=O)c2csc(Cc3ccc(F)cc3)n2)CCN1. The van der Waals surface area contributed by atoms with Gasteiger partial charge in [0.15, 0.2) is 0 Å². The van der Waals surface area contributed by atoms with Crippen molar-refractivity contribution in [1.82, 2.24) is 15.2 Å². The molecule has 1 amide bonds. The van der Waals surface area contributed by atoms with Gasteiger partial charge in [-0.2, -0.15) is 0 Å². The molecular formula is C16H18FN3OS. The normalized spacial score (nSPS) is 18.5. The van der Waals surface area contributed by atoms with Crippen LogP contribution in [0.3, 0.4) is 0 Å². The molecule has 3 rings (SSSR count). The van der Waals surface area contributed by atoms with E-state index in [2.05, 4.69) is 17.2 Å². The van der Waals surface area contributed by atoms with Gasteiger partial charge in [-0.15, -0.1) is 11.3 Å². The molecule has 1 aliphatic rings. The second kappa shape index (κ2) is 6.54. The molecule has 0 radical (unpaired) electrons. The molecule has 1 saturated heterocycles. The van der Waals surface area contributed by atoms with E-state index >= 15 is 0 Å². The molecule has 0 saturated carbocycles. The molecule has 0 bridgehead atoms. The third-order valence-corrected chi connectivity index (χ3v) is 4.54. The largest absolute Gasteiger partial charge is 0.334 e. The van der Waals surface area contributed by atoms with Gasteiger partial charge in [-0.1, -0.05) is 12.1 Å². The Balaban J connectivity index is 1.67. The summed E-state index contributed by atoms with van der Waals surface area (Å²) >= 11 is 1.47. The van der Waals surface area contributed by atoms with Gasteiger partial charge in [0.2, 0.25) is 0 Å². The highest BCUT2D eigenvalue weighted by Gasteiger charge is 2.23. The summed E-state index contributed by atoms with van der Waals surface area (Å²) in [6.07, 6.45) is 0.621. The second-order valence-electron chi connectivity index (χ2n) is 5.54. The number of carbonyl (C=O) groups excluding carboxylic acids is 1. The van der Waals surface area contributed by atoms with E-state index < -0.39 is 0 Å². The molecule has 22 heavy (non-hydrogen) atoms. The van der Waals surface area contributed by atoms with E-state index in [0.29, 0.717) is 31.2 Å². The minimum Gasteiger partial charge on any atom is -0.334 e. The van der Waals surface area contributed by atoms with Crippen LogP contribution < -0.4 is 5.32 Å². The predicted molar refractivity (Wildman–Crippen MR) is 84.7 cm³/mol. The van der Waals surface area contributed by atoms with Crippen LogP contribution in [0.25, 0.3) is 0 Å². The van der Waals surface area contributed by atoms with Gasteiger partial charge in [0.1, 0.15) is 11.5 Å². The minimum absolute atomic E-state index is 0.00467. The summed E-state index contributed by atoms with van der Waals surface area (Å²) in [5.41, 5.74) is 1.50. The van der Waals surface area contributed by atoms with Crippen molar-refractivity contribution in [3.05, 3.63) is 51.7 Å². The maximum absolute atomic E-state index is 12.9. The summed E-state index contributed by atoms with van der Waals surface area (Å²) in [7, 11) is 0. The Hall–Kier alpha value is -1.79. The van der Waals surface area contributed by atoms with Gasteiger partial charge < -0.3 is 10.2 Å². The summed E-state index contributed by atoms with van der Waals surface area (Å²) < 4.78 is 12.9. The number of nitrogens with zero attached hydrogens (tertiary/aromatic N) is 2. The molecular weight excluding hydrogens is 301 g/mol. The summed E-state index contributed by atoms with van der Waals surface area (Å²) in [4.78, 5) is 18.7. The number of halogens is 1. The lowest BCUT2D eigenvalue weighted by atomic mass is 10.1.